The van der Waals surface area contributed by atoms with Gasteiger partial charge in [-0.3, -0.25) is 24.1 Å². The van der Waals surface area contributed by atoms with Crippen LogP contribution in [0.25, 0.3) is 0 Å². The first-order valence-electron chi connectivity index (χ1n) is 10.0. The summed E-state index contributed by atoms with van der Waals surface area (Å²) in [5, 5.41) is 2.50. The van der Waals surface area contributed by atoms with E-state index < -0.39 is 11.9 Å². The molecule has 0 saturated carbocycles. The Kier molecular flexibility index (Phi) is 6.79. The smallest absolute Gasteiger partial charge is 0.261 e. The lowest BCUT2D eigenvalue weighted by Gasteiger charge is -2.28. The van der Waals surface area contributed by atoms with Crippen molar-refractivity contribution in [3.63, 3.8) is 0 Å². The molecule has 1 aliphatic heterocycles. The van der Waals surface area contributed by atoms with Crippen LogP contribution in [0.5, 0.6) is 0 Å². The number of hydrogen-bond donors (Lipinski definition) is 1. The molecule has 8 heteroatoms. The average Bonchev–Trinajstić information content (AvgIpc) is 3.02. The molecule has 0 bridgehead atoms. The van der Waals surface area contributed by atoms with E-state index >= 15 is 0 Å². The fourth-order valence-corrected chi connectivity index (χ4v) is 3.58. The number of hydrogen-bond acceptors (Lipinski definition) is 4. The Labute approximate surface area is 179 Å². The van der Waals surface area contributed by atoms with Crippen LogP contribution in [-0.4, -0.2) is 53.1 Å². The lowest BCUT2D eigenvalue weighted by atomic mass is 10.1. The lowest BCUT2D eigenvalue weighted by Crippen LogP contribution is -2.47. The third-order valence-corrected chi connectivity index (χ3v) is 5.36. The maximum absolute atomic E-state index is 14.1. The minimum Gasteiger partial charge on any atom is -0.357 e. The minimum atomic E-state index is -0.809. The number of carbonyl (C=O) groups excluding carboxylic acids is 4. The highest BCUT2D eigenvalue weighted by molar-refractivity contribution is 6.21. The summed E-state index contributed by atoms with van der Waals surface area (Å²) in [6.45, 7) is 1.59. The molecule has 0 saturated heterocycles. The van der Waals surface area contributed by atoms with Crippen molar-refractivity contribution in [2.24, 2.45) is 0 Å². The number of fused-ring (bicyclic) bond motifs is 1. The monoisotopic (exact) mass is 425 g/mol. The van der Waals surface area contributed by atoms with Gasteiger partial charge in [0, 0.05) is 32.1 Å². The third kappa shape index (κ3) is 4.63. The summed E-state index contributed by atoms with van der Waals surface area (Å²) in [6.07, 6.45) is 0.238. The highest BCUT2D eigenvalue weighted by Gasteiger charge is 2.35. The van der Waals surface area contributed by atoms with Crippen LogP contribution in [0.2, 0.25) is 0 Å². The molecule has 0 fully saturated rings. The number of carbonyl (C=O) groups is 4. The fourth-order valence-electron chi connectivity index (χ4n) is 3.58. The molecule has 1 atom stereocenters. The second-order valence-corrected chi connectivity index (χ2v) is 7.31. The van der Waals surface area contributed by atoms with Gasteiger partial charge in [0.15, 0.2) is 0 Å². The van der Waals surface area contributed by atoms with Gasteiger partial charge in [0.05, 0.1) is 11.1 Å². The molecule has 1 N–H and O–H groups in total. The number of likely N-dealkylation sites (N-methyl/N-ethyl adjacent to an activating group) is 1. The van der Waals surface area contributed by atoms with Gasteiger partial charge in [-0.1, -0.05) is 30.3 Å². The Morgan fingerprint density at radius 2 is 1.61 bits per heavy atom. The van der Waals surface area contributed by atoms with Crippen molar-refractivity contribution in [2.45, 2.75) is 32.4 Å². The summed E-state index contributed by atoms with van der Waals surface area (Å²) in [5.74, 6) is -1.96. The Morgan fingerprint density at radius 1 is 1.03 bits per heavy atom. The average molecular weight is 425 g/mol. The van der Waals surface area contributed by atoms with Gasteiger partial charge in [0.2, 0.25) is 11.8 Å². The predicted octanol–water partition coefficient (Wildman–Crippen LogP) is 2.37. The second-order valence-electron chi connectivity index (χ2n) is 7.31. The van der Waals surface area contributed by atoms with Crippen LogP contribution < -0.4 is 5.32 Å². The minimum absolute atomic E-state index is 0.00317. The van der Waals surface area contributed by atoms with Gasteiger partial charge < -0.3 is 10.2 Å². The van der Waals surface area contributed by atoms with Crippen LogP contribution in [0, 0.1) is 5.82 Å². The Bertz CT molecular complexity index is 988. The predicted molar refractivity (Wildman–Crippen MR) is 112 cm³/mol. The summed E-state index contributed by atoms with van der Waals surface area (Å²) in [4.78, 5) is 52.4. The fraction of sp³-hybridized carbons (Fsp3) is 0.304. The molecule has 2 aromatic carbocycles. The zero-order chi connectivity index (χ0) is 22.5. The summed E-state index contributed by atoms with van der Waals surface area (Å²) < 4.78 is 14.1. The van der Waals surface area contributed by atoms with Crippen molar-refractivity contribution in [1.29, 1.82) is 0 Å². The largest absolute Gasteiger partial charge is 0.357 e. The van der Waals surface area contributed by atoms with E-state index in [1.165, 1.54) is 18.0 Å². The van der Waals surface area contributed by atoms with Crippen molar-refractivity contribution in [3.8, 4) is 0 Å². The van der Waals surface area contributed by atoms with E-state index in [1.54, 1.807) is 49.4 Å². The van der Waals surface area contributed by atoms with Crippen LogP contribution in [0.15, 0.2) is 48.5 Å². The molecule has 0 aliphatic carbocycles. The van der Waals surface area contributed by atoms with Crippen LogP contribution in [0.4, 0.5) is 4.39 Å². The van der Waals surface area contributed by atoms with E-state index in [9.17, 15) is 23.6 Å². The number of amides is 4. The Morgan fingerprint density at radius 3 is 2.19 bits per heavy atom. The first-order valence-corrected chi connectivity index (χ1v) is 10.0. The van der Waals surface area contributed by atoms with E-state index in [0.717, 1.165) is 4.90 Å². The standard InChI is InChI=1S/C23H24FN3O4/c1-15(21(29)25-2)27(14-16-8-3-6-11-19(16)24)20(28)12-7-13-26-22(30)17-9-4-5-10-18(17)23(26)31/h3-6,8-11,15H,7,12-14H2,1-2H3,(H,25,29)/t15-/m1/s1. The second kappa shape index (κ2) is 9.51. The van der Waals surface area contributed by atoms with Gasteiger partial charge >= 0.3 is 0 Å². The Hall–Kier alpha value is -3.55. The van der Waals surface area contributed by atoms with Crippen LogP contribution in [-0.2, 0) is 16.1 Å². The van der Waals surface area contributed by atoms with Crippen molar-refractivity contribution in [2.75, 3.05) is 13.6 Å². The molecule has 0 radical (unpaired) electrons. The molecule has 0 spiro atoms. The number of nitrogens with zero attached hydrogens (tertiary/aromatic N) is 2. The summed E-state index contributed by atoms with van der Waals surface area (Å²) in [5.41, 5.74) is 1.01. The highest BCUT2D eigenvalue weighted by Crippen LogP contribution is 2.23. The highest BCUT2D eigenvalue weighted by atomic mass is 19.1. The molecule has 4 amide bonds. The van der Waals surface area contributed by atoms with Gasteiger partial charge in [0.1, 0.15) is 11.9 Å². The summed E-state index contributed by atoms with van der Waals surface area (Å²) in [7, 11) is 1.47. The van der Waals surface area contributed by atoms with Gasteiger partial charge in [0.25, 0.3) is 11.8 Å². The third-order valence-electron chi connectivity index (χ3n) is 5.36. The molecular weight excluding hydrogens is 401 g/mol. The molecule has 7 nitrogen and oxygen atoms in total. The zero-order valence-corrected chi connectivity index (χ0v) is 17.4. The molecule has 0 aromatic heterocycles. The van der Waals surface area contributed by atoms with E-state index in [2.05, 4.69) is 5.32 Å². The number of benzene rings is 2. The van der Waals surface area contributed by atoms with Crippen molar-refractivity contribution in [1.82, 2.24) is 15.1 Å². The number of imide groups is 1. The Balaban J connectivity index is 1.67. The quantitative estimate of drug-likeness (QED) is 0.658. The maximum Gasteiger partial charge on any atom is 0.261 e. The molecule has 162 valence electrons. The normalized spacial score (nSPS) is 13.7. The molecule has 1 heterocycles. The number of nitrogens with one attached hydrogen (secondary N) is 1. The van der Waals surface area contributed by atoms with E-state index in [4.69, 9.17) is 0 Å². The first-order chi connectivity index (χ1) is 14.8. The summed E-state index contributed by atoms with van der Waals surface area (Å²) >= 11 is 0. The van der Waals surface area contributed by atoms with Gasteiger partial charge in [-0.2, -0.15) is 0 Å². The molecule has 3 rings (SSSR count). The van der Waals surface area contributed by atoms with Gasteiger partial charge in [-0.05, 0) is 31.5 Å². The number of rotatable bonds is 8. The van der Waals surface area contributed by atoms with Gasteiger partial charge in [-0.15, -0.1) is 0 Å². The SMILES string of the molecule is CNC(=O)[C@@H](C)N(Cc1ccccc1F)C(=O)CCCN1C(=O)c2ccccc2C1=O. The molecule has 0 unspecified atom stereocenters. The lowest BCUT2D eigenvalue weighted by molar-refractivity contribution is -0.140. The zero-order valence-electron chi connectivity index (χ0n) is 17.4. The van der Waals surface area contributed by atoms with Crippen LogP contribution in [0.3, 0.4) is 0 Å². The summed E-state index contributed by atoms with van der Waals surface area (Å²) in [6, 6.07) is 11.8. The van der Waals surface area contributed by atoms with Crippen molar-refractivity contribution < 1.29 is 23.6 Å². The molecule has 1 aliphatic rings. The van der Waals surface area contributed by atoms with Crippen LogP contribution >= 0.6 is 0 Å². The van der Waals surface area contributed by atoms with Crippen molar-refractivity contribution in [3.05, 3.63) is 71.0 Å². The molecular formula is C23H24FN3O4. The topological polar surface area (TPSA) is 86.8 Å². The van der Waals surface area contributed by atoms with Gasteiger partial charge in [-0.25, -0.2) is 4.39 Å². The van der Waals surface area contributed by atoms with Crippen molar-refractivity contribution >= 4 is 23.6 Å². The number of halogens is 1. The maximum atomic E-state index is 14.1. The van der Waals surface area contributed by atoms with E-state index in [1.807, 2.05) is 0 Å². The van der Waals surface area contributed by atoms with Crippen LogP contribution in [0.1, 0.15) is 46.0 Å². The van der Waals surface area contributed by atoms with E-state index in [0.29, 0.717) is 16.7 Å². The molecule has 2 aromatic rings. The van der Waals surface area contributed by atoms with E-state index in [-0.39, 0.29) is 49.6 Å². The molecule has 31 heavy (non-hydrogen) atoms. The first kappa shape index (κ1) is 22.1.